The van der Waals surface area contributed by atoms with Crippen LogP contribution in [0, 0.1) is 5.82 Å². The molecule has 1 aliphatic rings. The van der Waals surface area contributed by atoms with Gasteiger partial charge in [-0.1, -0.05) is 13.0 Å². The van der Waals surface area contributed by atoms with E-state index in [-0.39, 0.29) is 17.8 Å². The maximum absolute atomic E-state index is 13.4. The van der Waals surface area contributed by atoms with Crippen LogP contribution in [0.25, 0.3) is 0 Å². The average molecular weight is 280 g/mol. The lowest BCUT2D eigenvalue weighted by molar-refractivity contribution is -0.142. The summed E-state index contributed by atoms with van der Waals surface area (Å²) in [4.78, 5) is 13.8. The summed E-state index contributed by atoms with van der Waals surface area (Å²) in [5.41, 5.74) is 2.02. The van der Waals surface area contributed by atoms with Gasteiger partial charge in [-0.2, -0.15) is 0 Å². The van der Waals surface area contributed by atoms with Crippen LogP contribution in [0.3, 0.4) is 0 Å². The zero-order valence-electron chi connectivity index (χ0n) is 12.0. The maximum Gasteiger partial charge on any atom is 0.324 e. The molecular formula is C15H21FN2O2. The van der Waals surface area contributed by atoms with Crippen molar-refractivity contribution in [1.29, 1.82) is 0 Å². The number of methoxy groups -OCH3 is 1. The van der Waals surface area contributed by atoms with Crippen LogP contribution >= 0.6 is 0 Å². The summed E-state index contributed by atoms with van der Waals surface area (Å²) in [5, 5.41) is 3.18. The van der Waals surface area contributed by atoms with E-state index in [1.54, 1.807) is 0 Å². The maximum atomic E-state index is 13.4. The summed E-state index contributed by atoms with van der Waals surface area (Å²) >= 11 is 0. The van der Waals surface area contributed by atoms with E-state index >= 15 is 0 Å². The van der Waals surface area contributed by atoms with Crippen LogP contribution in [0.4, 0.5) is 10.1 Å². The molecule has 1 atom stereocenters. The molecule has 0 bridgehead atoms. The minimum Gasteiger partial charge on any atom is -0.468 e. The van der Waals surface area contributed by atoms with E-state index < -0.39 is 0 Å². The van der Waals surface area contributed by atoms with E-state index in [2.05, 4.69) is 5.32 Å². The van der Waals surface area contributed by atoms with Crippen LogP contribution in [-0.4, -0.2) is 38.8 Å². The van der Waals surface area contributed by atoms with Crippen molar-refractivity contribution in [2.75, 3.05) is 31.6 Å². The lowest BCUT2D eigenvalue weighted by Gasteiger charge is -2.25. The summed E-state index contributed by atoms with van der Waals surface area (Å²) in [6, 6.07) is 4.46. The van der Waals surface area contributed by atoms with Crippen LogP contribution in [0.5, 0.6) is 0 Å². The highest BCUT2D eigenvalue weighted by Crippen LogP contribution is 2.28. The molecule has 1 aromatic carbocycles. The third-order valence-electron chi connectivity index (χ3n) is 3.57. The Labute approximate surface area is 118 Å². The van der Waals surface area contributed by atoms with Gasteiger partial charge < -0.3 is 15.0 Å². The number of hydrogen-bond acceptors (Lipinski definition) is 4. The number of halogens is 1. The fourth-order valence-corrected chi connectivity index (χ4v) is 2.51. The Morgan fingerprint density at radius 3 is 3.05 bits per heavy atom. The number of nitrogens with one attached hydrogen (secondary N) is 1. The molecule has 1 unspecified atom stereocenters. The fourth-order valence-electron chi connectivity index (χ4n) is 2.51. The number of esters is 1. The van der Waals surface area contributed by atoms with E-state index in [4.69, 9.17) is 4.74 Å². The van der Waals surface area contributed by atoms with E-state index in [9.17, 15) is 9.18 Å². The van der Waals surface area contributed by atoms with Gasteiger partial charge in [0.05, 0.1) is 7.11 Å². The molecule has 1 heterocycles. The van der Waals surface area contributed by atoms with Crippen molar-refractivity contribution >= 4 is 11.7 Å². The Bertz CT molecular complexity index is 479. The molecule has 1 aliphatic heterocycles. The number of anilines is 1. The van der Waals surface area contributed by atoms with E-state index in [1.807, 2.05) is 17.9 Å². The zero-order valence-corrected chi connectivity index (χ0v) is 12.0. The van der Waals surface area contributed by atoms with Gasteiger partial charge in [0, 0.05) is 18.8 Å². The first-order valence-electron chi connectivity index (χ1n) is 7.00. The largest absolute Gasteiger partial charge is 0.468 e. The number of rotatable bonds is 6. The number of benzene rings is 1. The Balaban J connectivity index is 2.09. The molecule has 0 aliphatic carbocycles. The molecule has 4 nitrogen and oxygen atoms in total. The lowest BCUT2D eigenvalue weighted by Crippen LogP contribution is -2.46. The van der Waals surface area contributed by atoms with Crippen molar-refractivity contribution in [1.82, 2.24) is 5.32 Å². The normalized spacial score (nSPS) is 15.1. The van der Waals surface area contributed by atoms with E-state index in [1.165, 1.54) is 19.2 Å². The van der Waals surface area contributed by atoms with Crippen molar-refractivity contribution in [3.05, 3.63) is 29.6 Å². The Morgan fingerprint density at radius 1 is 1.55 bits per heavy atom. The summed E-state index contributed by atoms with van der Waals surface area (Å²) in [7, 11) is 1.39. The van der Waals surface area contributed by atoms with Gasteiger partial charge in [0.2, 0.25) is 0 Å². The quantitative estimate of drug-likeness (QED) is 0.806. The number of carbonyl (C=O) groups excluding carboxylic acids is 1. The van der Waals surface area contributed by atoms with Gasteiger partial charge in [0.1, 0.15) is 11.9 Å². The van der Waals surface area contributed by atoms with Crippen molar-refractivity contribution in [3.8, 4) is 0 Å². The third-order valence-corrected chi connectivity index (χ3v) is 3.57. The second kappa shape index (κ2) is 6.70. The molecule has 0 aromatic heterocycles. The van der Waals surface area contributed by atoms with Crippen molar-refractivity contribution in [2.45, 2.75) is 25.8 Å². The van der Waals surface area contributed by atoms with Gasteiger partial charge in [-0.15, -0.1) is 0 Å². The van der Waals surface area contributed by atoms with E-state index in [0.717, 1.165) is 37.2 Å². The van der Waals surface area contributed by atoms with E-state index in [0.29, 0.717) is 6.54 Å². The molecule has 5 heteroatoms. The van der Waals surface area contributed by atoms with Gasteiger partial charge >= 0.3 is 5.97 Å². The molecule has 0 amide bonds. The fraction of sp³-hybridized carbons (Fsp3) is 0.533. The number of carbonyl (C=O) groups is 1. The molecule has 2 rings (SSSR count). The van der Waals surface area contributed by atoms with Crippen LogP contribution in [-0.2, 0) is 16.0 Å². The highest BCUT2D eigenvalue weighted by atomic mass is 19.1. The number of ether oxygens (including phenoxy) is 1. The minimum atomic E-state index is -0.380. The number of hydrogen-bond donors (Lipinski definition) is 1. The Hall–Kier alpha value is -1.62. The smallest absolute Gasteiger partial charge is 0.324 e. The average Bonchev–Trinajstić information content (AvgIpc) is 2.84. The standard InChI is InChI=1S/C15H21FN2O2/c1-3-7-17-13(15(19)20-2)10-18-8-6-11-4-5-12(16)9-14(11)18/h4-5,9,13,17H,3,6-8,10H2,1-2H3. The number of fused-ring (bicyclic) bond motifs is 1. The van der Waals surface area contributed by atoms with Crippen LogP contribution < -0.4 is 10.2 Å². The van der Waals surface area contributed by atoms with Gasteiger partial charge in [0.25, 0.3) is 0 Å². The van der Waals surface area contributed by atoms with Crippen molar-refractivity contribution in [2.24, 2.45) is 0 Å². The lowest BCUT2D eigenvalue weighted by atomic mass is 10.1. The zero-order chi connectivity index (χ0) is 14.5. The molecule has 1 N–H and O–H groups in total. The highest BCUT2D eigenvalue weighted by Gasteiger charge is 2.26. The predicted molar refractivity (Wildman–Crippen MR) is 76.4 cm³/mol. The highest BCUT2D eigenvalue weighted by molar-refractivity contribution is 5.77. The first kappa shape index (κ1) is 14.8. The third kappa shape index (κ3) is 3.28. The van der Waals surface area contributed by atoms with Gasteiger partial charge in [-0.05, 0) is 37.1 Å². The molecule has 0 saturated heterocycles. The molecule has 20 heavy (non-hydrogen) atoms. The monoisotopic (exact) mass is 280 g/mol. The summed E-state index contributed by atoms with van der Waals surface area (Å²) < 4.78 is 18.2. The summed E-state index contributed by atoms with van der Waals surface area (Å²) in [6.07, 6.45) is 1.83. The van der Waals surface area contributed by atoms with Crippen LogP contribution in [0.15, 0.2) is 18.2 Å². The van der Waals surface area contributed by atoms with Gasteiger partial charge in [0.15, 0.2) is 0 Å². The molecule has 0 radical (unpaired) electrons. The molecule has 1 aromatic rings. The first-order valence-corrected chi connectivity index (χ1v) is 7.00. The molecule has 110 valence electrons. The first-order chi connectivity index (χ1) is 9.65. The SMILES string of the molecule is CCCNC(CN1CCc2ccc(F)cc21)C(=O)OC. The summed E-state index contributed by atoms with van der Waals surface area (Å²) in [5.74, 6) is -0.518. The molecular weight excluding hydrogens is 259 g/mol. The molecule has 0 saturated carbocycles. The molecule has 0 spiro atoms. The second-order valence-electron chi connectivity index (χ2n) is 5.00. The van der Waals surface area contributed by atoms with Crippen molar-refractivity contribution in [3.63, 3.8) is 0 Å². The molecule has 0 fully saturated rings. The minimum absolute atomic E-state index is 0.244. The van der Waals surface area contributed by atoms with Gasteiger partial charge in [-0.3, -0.25) is 4.79 Å². The Morgan fingerprint density at radius 2 is 2.35 bits per heavy atom. The van der Waals surface area contributed by atoms with Crippen LogP contribution in [0.1, 0.15) is 18.9 Å². The summed E-state index contributed by atoms with van der Waals surface area (Å²) in [6.45, 7) is 4.11. The van der Waals surface area contributed by atoms with Gasteiger partial charge in [-0.25, -0.2) is 4.39 Å². The number of nitrogens with zero attached hydrogens (tertiary/aromatic N) is 1. The topological polar surface area (TPSA) is 41.6 Å². The van der Waals surface area contributed by atoms with Crippen molar-refractivity contribution < 1.29 is 13.9 Å². The Kier molecular flexibility index (Phi) is 4.95. The second-order valence-corrected chi connectivity index (χ2v) is 5.00. The van der Waals surface area contributed by atoms with Crippen LogP contribution in [0.2, 0.25) is 0 Å². The predicted octanol–water partition coefficient (Wildman–Crippen LogP) is 1.73.